The molecule has 1 rings (SSSR count). The maximum Gasteiger partial charge on any atom is 0.329 e. The summed E-state index contributed by atoms with van der Waals surface area (Å²) in [4.78, 5) is 28.2. The van der Waals surface area contributed by atoms with Gasteiger partial charge in [-0.05, 0) is 13.3 Å². The summed E-state index contributed by atoms with van der Waals surface area (Å²) in [5.41, 5.74) is 0. The molecule has 1 aromatic rings. The second kappa shape index (κ2) is 7.96. The van der Waals surface area contributed by atoms with E-state index in [-0.39, 0.29) is 11.9 Å². The number of amides is 1. The van der Waals surface area contributed by atoms with E-state index in [1.54, 1.807) is 11.3 Å². The van der Waals surface area contributed by atoms with E-state index < -0.39 is 12.0 Å². The minimum atomic E-state index is -0.689. The minimum Gasteiger partial charge on any atom is -0.467 e. The highest BCUT2D eigenvalue weighted by Gasteiger charge is 2.21. The number of thiazole rings is 1. The summed E-state index contributed by atoms with van der Waals surface area (Å²) >= 11 is 1.64. The van der Waals surface area contributed by atoms with Gasteiger partial charge in [-0.2, -0.15) is 0 Å². The number of esters is 1. The van der Waals surface area contributed by atoms with Crippen LogP contribution in [0.25, 0.3) is 0 Å². The number of aryl methyl sites for hydroxylation is 1. The van der Waals surface area contributed by atoms with Crippen molar-refractivity contribution in [3.05, 3.63) is 16.1 Å². The molecule has 0 fully saturated rings. The van der Waals surface area contributed by atoms with E-state index in [0.717, 1.165) is 11.4 Å². The fraction of sp³-hybridized carbons (Fsp3) is 0.615. The van der Waals surface area contributed by atoms with Gasteiger partial charge in [-0.3, -0.25) is 4.79 Å². The van der Waals surface area contributed by atoms with Gasteiger partial charge in [0.25, 0.3) is 0 Å². The average molecular weight is 299 g/mol. The summed E-state index contributed by atoms with van der Waals surface area (Å²) in [5, 5.41) is 6.72. The number of aromatic nitrogens is 1. The van der Waals surface area contributed by atoms with Gasteiger partial charge < -0.3 is 15.4 Å². The van der Waals surface area contributed by atoms with E-state index >= 15 is 0 Å². The molecule has 20 heavy (non-hydrogen) atoms. The van der Waals surface area contributed by atoms with E-state index in [0.29, 0.717) is 6.54 Å². The van der Waals surface area contributed by atoms with Crippen LogP contribution in [0.4, 0.5) is 0 Å². The lowest BCUT2D eigenvalue weighted by molar-refractivity contribution is -0.144. The molecule has 0 bridgehead atoms. The molecule has 2 unspecified atom stereocenters. The molecule has 0 radical (unpaired) electrons. The monoisotopic (exact) mass is 299 g/mol. The predicted molar refractivity (Wildman–Crippen MR) is 77.5 cm³/mol. The molecule has 0 saturated carbocycles. The fourth-order valence-corrected chi connectivity index (χ4v) is 2.53. The quantitative estimate of drug-likeness (QED) is 0.735. The number of nitrogens with one attached hydrogen (secondary N) is 2. The molecular weight excluding hydrogens is 278 g/mol. The molecule has 112 valence electrons. The first-order valence-corrected chi connectivity index (χ1v) is 7.32. The highest BCUT2D eigenvalue weighted by Crippen LogP contribution is 2.20. The van der Waals surface area contributed by atoms with Gasteiger partial charge in [-0.15, -0.1) is 11.3 Å². The molecule has 1 aromatic heterocycles. The van der Waals surface area contributed by atoms with Crippen molar-refractivity contribution < 1.29 is 14.3 Å². The van der Waals surface area contributed by atoms with Crippen LogP contribution in [-0.2, 0) is 20.7 Å². The molecule has 0 aliphatic carbocycles. The first kappa shape index (κ1) is 16.6. The van der Waals surface area contributed by atoms with Crippen molar-refractivity contribution in [1.29, 1.82) is 0 Å². The van der Waals surface area contributed by atoms with Crippen LogP contribution < -0.4 is 10.6 Å². The second-order valence-corrected chi connectivity index (χ2v) is 5.57. The second-order valence-electron chi connectivity index (χ2n) is 4.42. The van der Waals surface area contributed by atoms with Crippen molar-refractivity contribution in [2.24, 2.45) is 0 Å². The summed E-state index contributed by atoms with van der Waals surface area (Å²) < 4.78 is 4.67. The molecule has 6 nitrogen and oxygen atoms in total. The lowest BCUT2D eigenvalue weighted by Crippen LogP contribution is -2.47. The summed E-state index contributed by atoms with van der Waals surface area (Å²) in [7, 11) is 1.30. The number of rotatable bonds is 7. The third-order valence-electron chi connectivity index (χ3n) is 2.78. The Morgan fingerprint density at radius 1 is 1.50 bits per heavy atom. The van der Waals surface area contributed by atoms with Crippen LogP contribution in [0.15, 0.2) is 6.20 Å². The van der Waals surface area contributed by atoms with Gasteiger partial charge in [-0.25, -0.2) is 9.78 Å². The lowest BCUT2D eigenvalue weighted by atomic mass is 10.2. The molecular formula is C13H21N3O3S. The first-order valence-electron chi connectivity index (χ1n) is 6.50. The Labute approximate surface area is 122 Å². The fourth-order valence-electron chi connectivity index (χ4n) is 1.65. The van der Waals surface area contributed by atoms with Crippen LogP contribution in [0, 0.1) is 0 Å². The van der Waals surface area contributed by atoms with Crippen molar-refractivity contribution in [3.63, 3.8) is 0 Å². The molecule has 0 aliphatic heterocycles. The van der Waals surface area contributed by atoms with Gasteiger partial charge in [0.1, 0.15) is 11.0 Å². The maximum atomic E-state index is 11.6. The van der Waals surface area contributed by atoms with Crippen molar-refractivity contribution in [3.8, 4) is 0 Å². The molecule has 0 aromatic carbocycles. The van der Waals surface area contributed by atoms with E-state index in [4.69, 9.17) is 0 Å². The Hall–Kier alpha value is -1.47. The number of hydrogen-bond donors (Lipinski definition) is 2. The number of ether oxygens (including phenoxy) is 1. The molecule has 1 amide bonds. The molecule has 0 spiro atoms. The highest BCUT2D eigenvalue weighted by atomic mass is 32.1. The third kappa shape index (κ3) is 4.90. The van der Waals surface area contributed by atoms with E-state index in [1.165, 1.54) is 18.9 Å². The van der Waals surface area contributed by atoms with Crippen molar-refractivity contribution in [1.82, 2.24) is 15.6 Å². The lowest BCUT2D eigenvalue weighted by Gasteiger charge is -2.18. The van der Waals surface area contributed by atoms with Crippen LogP contribution in [0.2, 0.25) is 0 Å². The van der Waals surface area contributed by atoms with Crippen LogP contribution in [0.5, 0.6) is 0 Å². The Morgan fingerprint density at radius 2 is 2.20 bits per heavy atom. The highest BCUT2D eigenvalue weighted by molar-refractivity contribution is 7.11. The standard InChI is InChI=1S/C13H21N3O3S/c1-5-10-6-15-12(20-10)8(2)14-7-11(13(18)19-4)16-9(3)17/h6,8,11,14H,5,7H2,1-4H3,(H,16,17). The van der Waals surface area contributed by atoms with E-state index in [1.807, 2.05) is 13.1 Å². The zero-order chi connectivity index (χ0) is 15.1. The maximum absolute atomic E-state index is 11.6. The summed E-state index contributed by atoms with van der Waals surface area (Å²) in [5.74, 6) is -0.731. The molecule has 0 saturated heterocycles. The molecule has 2 N–H and O–H groups in total. The van der Waals surface area contributed by atoms with Crippen LogP contribution >= 0.6 is 11.3 Å². The van der Waals surface area contributed by atoms with Crippen molar-refractivity contribution in [2.75, 3.05) is 13.7 Å². The predicted octanol–water partition coefficient (Wildman–Crippen LogP) is 1.03. The van der Waals surface area contributed by atoms with Gasteiger partial charge in [-0.1, -0.05) is 6.92 Å². The summed E-state index contributed by atoms with van der Waals surface area (Å²) in [6, 6.07) is -0.674. The third-order valence-corrected chi connectivity index (χ3v) is 4.11. The van der Waals surface area contributed by atoms with E-state index in [9.17, 15) is 9.59 Å². The summed E-state index contributed by atoms with van der Waals surface area (Å²) in [6.45, 7) is 5.72. The van der Waals surface area contributed by atoms with Crippen LogP contribution in [-0.4, -0.2) is 36.6 Å². The van der Waals surface area contributed by atoms with Crippen molar-refractivity contribution >= 4 is 23.2 Å². The average Bonchev–Trinajstić information content (AvgIpc) is 2.90. The van der Waals surface area contributed by atoms with Gasteiger partial charge in [0, 0.05) is 24.5 Å². The smallest absolute Gasteiger partial charge is 0.329 e. The van der Waals surface area contributed by atoms with Gasteiger partial charge >= 0.3 is 5.97 Å². The Kier molecular flexibility index (Phi) is 6.60. The number of methoxy groups -OCH3 is 1. The topological polar surface area (TPSA) is 80.3 Å². The van der Waals surface area contributed by atoms with Crippen molar-refractivity contribution in [2.45, 2.75) is 39.3 Å². The van der Waals surface area contributed by atoms with Crippen LogP contribution in [0.1, 0.15) is 36.7 Å². The SMILES string of the molecule is CCc1cnc(C(C)NCC(NC(C)=O)C(=O)OC)s1. The minimum absolute atomic E-state index is 0.0150. The summed E-state index contributed by atoms with van der Waals surface area (Å²) in [6.07, 6.45) is 2.82. The van der Waals surface area contributed by atoms with Crippen LogP contribution in [0.3, 0.4) is 0 Å². The largest absolute Gasteiger partial charge is 0.467 e. The zero-order valence-electron chi connectivity index (χ0n) is 12.2. The Bertz CT molecular complexity index is 461. The van der Waals surface area contributed by atoms with Gasteiger partial charge in [0.15, 0.2) is 0 Å². The normalized spacial score (nSPS) is 13.6. The van der Waals surface area contributed by atoms with E-state index in [2.05, 4.69) is 27.3 Å². The zero-order valence-corrected chi connectivity index (χ0v) is 13.0. The number of hydrogen-bond acceptors (Lipinski definition) is 6. The molecule has 7 heteroatoms. The number of carbonyl (C=O) groups is 2. The molecule has 0 aliphatic rings. The Morgan fingerprint density at radius 3 is 2.70 bits per heavy atom. The van der Waals surface area contributed by atoms with Gasteiger partial charge in [0.2, 0.25) is 5.91 Å². The molecule has 2 atom stereocenters. The number of carbonyl (C=O) groups excluding carboxylic acids is 2. The molecule has 1 heterocycles. The Balaban J connectivity index is 2.57. The number of nitrogens with zero attached hydrogens (tertiary/aromatic N) is 1. The first-order chi connectivity index (χ1) is 9.47. The van der Waals surface area contributed by atoms with Gasteiger partial charge in [0.05, 0.1) is 13.2 Å².